The first-order valence-electron chi connectivity index (χ1n) is 12.0. The van der Waals surface area contributed by atoms with Crippen molar-refractivity contribution in [2.75, 3.05) is 29.0 Å². The second kappa shape index (κ2) is 10.4. The van der Waals surface area contributed by atoms with Gasteiger partial charge in [0.2, 0.25) is 5.88 Å². The number of nitrogens with zero attached hydrogens (tertiary/aromatic N) is 5. The molecule has 13 heteroatoms. The van der Waals surface area contributed by atoms with Crippen molar-refractivity contribution in [3.8, 4) is 5.88 Å². The van der Waals surface area contributed by atoms with E-state index in [1.807, 2.05) is 0 Å². The fourth-order valence-electron chi connectivity index (χ4n) is 4.29. The van der Waals surface area contributed by atoms with Crippen molar-refractivity contribution in [1.29, 1.82) is 0 Å². The van der Waals surface area contributed by atoms with E-state index in [2.05, 4.69) is 39.0 Å². The Morgan fingerprint density at radius 1 is 1.32 bits per heavy atom. The van der Waals surface area contributed by atoms with E-state index >= 15 is 0 Å². The molecule has 0 saturated carbocycles. The van der Waals surface area contributed by atoms with Gasteiger partial charge in [0.15, 0.2) is 16.3 Å². The van der Waals surface area contributed by atoms with Crippen LogP contribution in [0.4, 0.5) is 17.3 Å². The van der Waals surface area contributed by atoms with Gasteiger partial charge in [-0.2, -0.15) is 4.98 Å². The van der Waals surface area contributed by atoms with Crippen molar-refractivity contribution < 1.29 is 9.90 Å². The third-order valence-corrected chi connectivity index (χ3v) is 9.34. The summed E-state index contributed by atoms with van der Waals surface area (Å²) in [5.41, 5.74) is 5.73. The first-order valence-corrected chi connectivity index (χ1v) is 14.1. The zero-order valence-corrected chi connectivity index (χ0v) is 23.2. The number of nitrogens with two attached hydrogens (primary N) is 1. The largest absolute Gasteiger partial charge is 0.492 e. The first-order chi connectivity index (χ1) is 18.2. The van der Waals surface area contributed by atoms with Crippen molar-refractivity contribution in [3.05, 3.63) is 56.9 Å². The summed E-state index contributed by atoms with van der Waals surface area (Å²) in [6.07, 6.45) is 6.55. The van der Waals surface area contributed by atoms with Gasteiger partial charge in [0.25, 0.3) is 11.5 Å². The van der Waals surface area contributed by atoms with Crippen LogP contribution in [-0.4, -0.2) is 43.5 Å². The van der Waals surface area contributed by atoms with Gasteiger partial charge < -0.3 is 21.1 Å². The Hall–Kier alpha value is -3.35. The van der Waals surface area contributed by atoms with Crippen molar-refractivity contribution >= 4 is 62.9 Å². The highest BCUT2D eigenvalue weighted by Crippen LogP contribution is 2.39. The zero-order valence-electron chi connectivity index (χ0n) is 20.8. The quantitative estimate of drug-likeness (QED) is 0.294. The molecule has 0 radical (unpaired) electrons. The zero-order chi connectivity index (χ0) is 27.0. The van der Waals surface area contributed by atoms with Gasteiger partial charge in [-0.05, 0) is 30.4 Å². The predicted octanol–water partition coefficient (Wildman–Crippen LogP) is 4.91. The number of amides is 1. The summed E-state index contributed by atoms with van der Waals surface area (Å²) in [5, 5.41) is 15.2. The number of nitrogens with one attached hydrogen (secondary N) is 1. The van der Waals surface area contributed by atoms with Gasteiger partial charge in [-0.3, -0.25) is 14.0 Å². The Morgan fingerprint density at radius 2 is 2.08 bits per heavy atom. The second-order valence-corrected chi connectivity index (χ2v) is 11.7. The molecular weight excluding hydrogens is 546 g/mol. The first kappa shape index (κ1) is 26.3. The molecule has 1 aliphatic heterocycles. The van der Waals surface area contributed by atoms with E-state index in [1.165, 1.54) is 33.7 Å². The normalized spacial score (nSPS) is 15.1. The van der Waals surface area contributed by atoms with Gasteiger partial charge in [0, 0.05) is 29.6 Å². The number of piperidine rings is 1. The summed E-state index contributed by atoms with van der Waals surface area (Å²) in [6.45, 7) is 6.37. The SMILES string of the molecule is CCC1(C)CCN(c2cnc(Sc3cccc(NC(=O)c4c(O)nc5sccn5c4=O)c3Cl)c(N)n2)CC1. The molecule has 0 unspecified atom stereocenters. The molecule has 4 aromatic rings. The van der Waals surface area contributed by atoms with Gasteiger partial charge in [-0.25, -0.2) is 9.97 Å². The number of aromatic nitrogens is 4. The number of hydrogen-bond acceptors (Lipinski definition) is 10. The number of rotatable bonds is 6. The second-order valence-electron chi connectivity index (χ2n) is 9.41. The molecule has 1 aliphatic rings. The summed E-state index contributed by atoms with van der Waals surface area (Å²) in [4.78, 5) is 41.7. The maximum absolute atomic E-state index is 12.9. The molecule has 0 atom stereocenters. The van der Waals surface area contributed by atoms with Crippen LogP contribution in [0.1, 0.15) is 43.5 Å². The van der Waals surface area contributed by atoms with Gasteiger partial charge in [0.1, 0.15) is 10.8 Å². The van der Waals surface area contributed by atoms with Crippen molar-refractivity contribution in [1.82, 2.24) is 19.4 Å². The highest BCUT2D eigenvalue weighted by atomic mass is 35.5. The van der Waals surface area contributed by atoms with E-state index in [4.69, 9.17) is 17.3 Å². The molecule has 4 N–H and O–H groups in total. The Labute approximate surface area is 231 Å². The number of fused-ring (bicyclic) bond motifs is 1. The van der Waals surface area contributed by atoms with E-state index in [1.54, 1.807) is 29.8 Å². The third kappa shape index (κ3) is 5.03. The van der Waals surface area contributed by atoms with Crippen LogP contribution in [0.5, 0.6) is 5.88 Å². The third-order valence-electron chi connectivity index (χ3n) is 6.99. The molecule has 1 fully saturated rings. The fourth-order valence-corrected chi connectivity index (χ4v) is 6.09. The number of benzene rings is 1. The lowest BCUT2D eigenvalue weighted by Gasteiger charge is -2.39. The van der Waals surface area contributed by atoms with Crippen molar-refractivity contribution in [3.63, 3.8) is 0 Å². The number of halogens is 1. The molecule has 1 saturated heterocycles. The molecule has 4 heterocycles. The summed E-state index contributed by atoms with van der Waals surface area (Å²) < 4.78 is 1.20. The van der Waals surface area contributed by atoms with Gasteiger partial charge in [0.05, 0.1) is 16.9 Å². The lowest BCUT2D eigenvalue weighted by Crippen LogP contribution is -2.39. The molecular formula is C25H26ClN7O3S2. The topological polar surface area (TPSA) is 139 Å². The van der Waals surface area contributed by atoms with Crippen LogP contribution < -0.4 is 21.5 Å². The van der Waals surface area contributed by atoms with Crippen molar-refractivity contribution in [2.24, 2.45) is 5.41 Å². The molecule has 10 nitrogen and oxygen atoms in total. The molecule has 0 spiro atoms. The highest BCUT2D eigenvalue weighted by Gasteiger charge is 2.29. The van der Waals surface area contributed by atoms with E-state index in [0.29, 0.717) is 15.3 Å². The van der Waals surface area contributed by atoms with Gasteiger partial charge in [-0.1, -0.05) is 49.7 Å². The monoisotopic (exact) mass is 571 g/mol. The van der Waals surface area contributed by atoms with Gasteiger partial charge >= 0.3 is 0 Å². The molecule has 1 amide bonds. The summed E-state index contributed by atoms with van der Waals surface area (Å²) in [7, 11) is 0. The minimum absolute atomic E-state index is 0.232. The standard InChI is InChI=1S/C25H26ClN7O3S2/c1-3-25(2)7-9-32(10-8-25)16-13-28-22(19(27)30-16)38-15-6-4-5-14(18(15)26)29-20(34)17-21(35)31-24-33(23(17)36)11-12-37-24/h4-6,11-13,35H,3,7-10H2,1-2H3,(H2,27,30)(H,29,34). The van der Waals surface area contributed by atoms with Crippen LogP contribution in [0.25, 0.3) is 4.96 Å². The van der Waals surface area contributed by atoms with Crippen LogP contribution in [0.3, 0.4) is 0 Å². The Morgan fingerprint density at radius 3 is 2.79 bits per heavy atom. The number of hydrogen-bond donors (Lipinski definition) is 3. The predicted molar refractivity (Wildman–Crippen MR) is 151 cm³/mol. The molecule has 0 aliphatic carbocycles. The Bertz CT molecular complexity index is 1580. The average molecular weight is 572 g/mol. The van der Waals surface area contributed by atoms with E-state index in [9.17, 15) is 14.7 Å². The maximum Gasteiger partial charge on any atom is 0.275 e. The minimum atomic E-state index is -0.825. The molecule has 1 aromatic carbocycles. The molecule has 5 rings (SSSR count). The van der Waals surface area contributed by atoms with E-state index in [0.717, 1.165) is 38.2 Å². The molecule has 198 valence electrons. The Kier molecular flexibility index (Phi) is 7.21. The number of carbonyl (C=O) groups is 1. The lowest BCUT2D eigenvalue weighted by molar-refractivity contribution is 0.102. The smallest absolute Gasteiger partial charge is 0.275 e. The van der Waals surface area contributed by atoms with Crippen molar-refractivity contribution in [2.45, 2.75) is 43.0 Å². The van der Waals surface area contributed by atoms with Gasteiger partial charge in [-0.15, -0.1) is 11.3 Å². The van der Waals surface area contributed by atoms with Crippen LogP contribution in [0, 0.1) is 5.41 Å². The summed E-state index contributed by atoms with van der Waals surface area (Å²) in [5.74, 6) is -0.434. The number of carbonyl (C=O) groups excluding carboxylic acids is 1. The Balaban J connectivity index is 1.33. The number of thiazole rings is 1. The molecule has 38 heavy (non-hydrogen) atoms. The van der Waals surface area contributed by atoms with E-state index in [-0.39, 0.29) is 21.5 Å². The lowest BCUT2D eigenvalue weighted by atomic mass is 9.78. The van der Waals surface area contributed by atoms with Crippen LogP contribution in [-0.2, 0) is 0 Å². The van der Waals surface area contributed by atoms with Crippen LogP contribution in [0.2, 0.25) is 5.02 Å². The highest BCUT2D eigenvalue weighted by molar-refractivity contribution is 7.99. The molecule has 3 aromatic heterocycles. The maximum atomic E-state index is 12.9. The summed E-state index contributed by atoms with van der Waals surface area (Å²) in [6, 6.07) is 5.06. The number of aromatic hydroxyl groups is 1. The number of anilines is 3. The fraction of sp³-hybridized carbons (Fsp3) is 0.320. The van der Waals surface area contributed by atoms with Crippen LogP contribution in [0.15, 0.2) is 50.7 Å². The summed E-state index contributed by atoms with van der Waals surface area (Å²) >= 11 is 8.99. The average Bonchev–Trinajstić information content (AvgIpc) is 3.37. The van der Waals surface area contributed by atoms with E-state index < -0.39 is 22.9 Å². The number of nitrogen functional groups attached to an aromatic ring is 1. The molecule has 0 bridgehead atoms. The minimum Gasteiger partial charge on any atom is -0.492 e. The van der Waals surface area contributed by atoms with Crippen LogP contribution >= 0.6 is 34.7 Å².